The van der Waals surface area contributed by atoms with Crippen LogP contribution in [0, 0.1) is 6.92 Å². The number of piperidine rings is 1. The molecule has 0 bridgehead atoms. The van der Waals surface area contributed by atoms with Gasteiger partial charge in [-0.25, -0.2) is 4.98 Å². The monoisotopic (exact) mass is 429 g/mol. The summed E-state index contributed by atoms with van der Waals surface area (Å²) in [4.78, 5) is 22.4. The molecule has 1 fully saturated rings. The molecule has 0 radical (unpaired) electrons. The maximum atomic E-state index is 12.9. The number of fused-ring (bicyclic) bond motifs is 5. The topological polar surface area (TPSA) is 63.4 Å². The zero-order chi connectivity index (χ0) is 20.0. The number of thioether (sulfide) groups is 1. The number of hydrogen-bond acceptors (Lipinski definition) is 6. The van der Waals surface area contributed by atoms with Crippen LogP contribution in [0.4, 0.5) is 0 Å². The third kappa shape index (κ3) is 3.34. The Morgan fingerprint density at radius 2 is 2.07 bits per heavy atom. The predicted molar refractivity (Wildman–Crippen MR) is 118 cm³/mol. The van der Waals surface area contributed by atoms with Crippen molar-refractivity contribution in [1.29, 1.82) is 0 Å². The summed E-state index contributed by atoms with van der Waals surface area (Å²) >= 11 is 3.31. The lowest BCUT2D eigenvalue weighted by Crippen LogP contribution is -2.44. The van der Waals surface area contributed by atoms with Gasteiger partial charge in [-0.15, -0.1) is 21.5 Å². The molecule has 5 rings (SSSR count). The molecule has 4 heterocycles. The van der Waals surface area contributed by atoms with Gasteiger partial charge < -0.3 is 4.90 Å². The molecule has 29 heavy (non-hydrogen) atoms. The standard InChI is InChI=1S/C21H27N5OS2/c1-3-14-8-6-7-11-25(14)17(27)12-28-21-24-23-19-18-15-9-4-5-10-16(15)29-20(18)22-13(2)26(19)21/h14H,3-12H2,1-2H3/t14-/m1/s1. The molecule has 154 valence electrons. The summed E-state index contributed by atoms with van der Waals surface area (Å²) in [7, 11) is 0. The zero-order valence-electron chi connectivity index (χ0n) is 17.1. The molecule has 3 aromatic rings. The summed E-state index contributed by atoms with van der Waals surface area (Å²) < 4.78 is 2.05. The molecule has 1 amide bonds. The summed E-state index contributed by atoms with van der Waals surface area (Å²) in [5, 5.41) is 11.0. The summed E-state index contributed by atoms with van der Waals surface area (Å²) in [6.45, 7) is 5.08. The van der Waals surface area contributed by atoms with Crippen LogP contribution in [0.1, 0.15) is 61.7 Å². The van der Waals surface area contributed by atoms with E-state index in [1.807, 2.05) is 18.3 Å². The average molecular weight is 430 g/mol. The molecule has 8 heteroatoms. The molecule has 1 aliphatic carbocycles. The van der Waals surface area contributed by atoms with E-state index in [1.54, 1.807) is 0 Å². The van der Waals surface area contributed by atoms with E-state index in [0.717, 1.165) is 60.1 Å². The van der Waals surface area contributed by atoms with Gasteiger partial charge in [0.05, 0.1) is 11.1 Å². The van der Waals surface area contributed by atoms with Crippen LogP contribution in [0.15, 0.2) is 5.16 Å². The van der Waals surface area contributed by atoms with Crippen molar-refractivity contribution < 1.29 is 4.79 Å². The molecule has 0 N–H and O–H groups in total. The highest BCUT2D eigenvalue weighted by atomic mass is 32.2. The van der Waals surface area contributed by atoms with E-state index in [9.17, 15) is 4.79 Å². The second-order valence-electron chi connectivity index (χ2n) is 8.13. The molecule has 1 saturated heterocycles. The Kier molecular flexibility index (Phi) is 5.24. The molecule has 2 aliphatic rings. The first kappa shape index (κ1) is 19.3. The van der Waals surface area contributed by atoms with E-state index < -0.39 is 0 Å². The van der Waals surface area contributed by atoms with Gasteiger partial charge in [-0.3, -0.25) is 9.20 Å². The van der Waals surface area contributed by atoms with E-state index in [-0.39, 0.29) is 5.91 Å². The first-order valence-electron chi connectivity index (χ1n) is 10.8. The van der Waals surface area contributed by atoms with Crippen molar-refractivity contribution in [2.45, 2.75) is 76.4 Å². The maximum absolute atomic E-state index is 12.9. The van der Waals surface area contributed by atoms with E-state index in [4.69, 9.17) is 4.98 Å². The first-order chi connectivity index (χ1) is 14.2. The van der Waals surface area contributed by atoms with Gasteiger partial charge in [0.2, 0.25) is 5.91 Å². The lowest BCUT2D eigenvalue weighted by molar-refractivity contribution is -0.132. The Hall–Kier alpha value is -1.67. The molecule has 1 aliphatic heterocycles. The summed E-state index contributed by atoms with van der Waals surface area (Å²) in [6.07, 6.45) is 9.27. The first-order valence-corrected chi connectivity index (χ1v) is 12.6. The fraction of sp³-hybridized carbons (Fsp3) is 0.619. The lowest BCUT2D eigenvalue weighted by atomic mass is 9.97. The number of likely N-dealkylation sites (tertiary alicyclic amines) is 1. The number of nitrogens with zero attached hydrogens (tertiary/aromatic N) is 5. The molecule has 1 atom stereocenters. The van der Waals surface area contributed by atoms with E-state index in [1.165, 1.54) is 46.9 Å². The van der Waals surface area contributed by atoms with Gasteiger partial charge in [-0.05, 0) is 63.9 Å². The van der Waals surface area contributed by atoms with Gasteiger partial charge >= 0.3 is 0 Å². The molecule has 0 saturated carbocycles. The maximum Gasteiger partial charge on any atom is 0.233 e. The number of hydrogen-bond donors (Lipinski definition) is 0. The Bertz CT molecular complexity index is 1070. The van der Waals surface area contributed by atoms with Crippen molar-refractivity contribution in [1.82, 2.24) is 24.5 Å². The number of aryl methyl sites for hydroxylation is 3. The summed E-state index contributed by atoms with van der Waals surface area (Å²) in [5.41, 5.74) is 2.33. The highest BCUT2D eigenvalue weighted by molar-refractivity contribution is 7.99. The Balaban J connectivity index is 1.44. The van der Waals surface area contributed by atoms with Gasteiger partial charge in [-0.1, -0.05) is 18.7 Å². The zero-order valence-corrected chi connectivity index (χ0v) is 18.7. The van der Waals surface area contributed by atoms with Gasteiger partial charge in [0, 0.05) is 17.5 Å². The van der Waals surface area contributed by atoms with Crippen LogP contribution in [-0.4, -0.2) is 48.7 Å². The van der Waals surface area contributed by atoms with Crippen molar-refractivity contribution >= 4 is 44.9 Å². The number of amides is 1. The predicted octanol–water partition coefficient (Wildman–Crippen LogP) is 4.41. The third-order valence-electron chi connectivity index (χ3n) is 6.34. The normalized spacial score (nSPS) is 19.8. The van der Waals surface area contributed by atoms with E-state index in [2.05, 4.69) is 26.4 Å². The van der Waals surface area contributed by atoms with Crippen LogP contribution >= 0.6 is 23.1 Å². The average Bonchev–Trinajstić information content (AvgIpc) is 3.33. The minimum atomic E-state index is 0.220. The Morgan fingerprint density at radius 3 is 2.93 bits per heavy atom. The van der Waals surface area contributed by atoms with E-state index in [0.29, 0.717) is 11.8 Å². The van der Waals surface area contributed by atoms with Crippen LogP contribution in [-0.2, 0) is 17.6 Å². The van der Waals surface area contributed by atoms with Crippen LogP contribution in [0.5, 0.6) is 0 Å². The number of thiophene rings is 1. The minimum Gasteiger partial charge on any atom is -0.339 e. The van der Waals surface area contributed by atoms with Gasteiger partial charge in [0.15, 0.2) is 10.8 Å². The number of aromatic nitrogens is 4. The van der Waals surface area contributed by atoms with Crippen molar-refractivity contribution in [3.63, 3.8) is 0 Å². The highest BCUT2D eigenvalue weighted by Gasteiger charge is 2.26. The van der Waals surface area contributed by atoms with Crippen molar-refractivity contribution in [3.05, 3.63) is 16.3 Å². The van der Waals surface area contributed by atoms with Crippen LogP contribution in [0.3, 0.4) is 0 Å². The third-order valence-corrected chi connectivity index (χ3v) is 8.44. The molecule has 6 nitrogen and oxygen atoms in total. The number of carbonyl (C=O) groups excluding carboxylic acids is 1. The van der Waals surface area contributed by atoms with Crippen LogP contribution in [0.25, 0.3) is 15.9 Å². The Labute approximate surface area is 179 Å². The summed E-state index contributed by atoms with van der Waals surface area (Å²) in [6, 6.07) is 0.396. The molecule has 0 spiro atoms. The lowest BCUT2D eigenvalue weighted by Gasteiger charge is -2.35. The SMILES string of the molecule is CC[C@@H]1CCCCN1C(=O)CSc1nnc2c3c4c(sc3nc(C)n12)CCCC4. The summed E-state index contributed by atoms with van der Waals surface area (Å²) in [5.74, 6) is 1.53. The van der Waals surface area contributed by atoms with Gasteiger partial charge in [0.25, 0.3) is 0 Å². The highest BCUT2D eigenvalue weighted by Crippen LogP contribution is 2.38. The second kappa shape index (κ2) is 7.87. The Morgan fingerprint density at radius 1 is 1.21 bits per heavy atom. The smallest absolute Gasteiger partial charge is 0.233 e. The van der Waals surface area contributed by atoms with E-state index >= 15 is 0 Å². The number of rotatable bonds is 4. The van der Waals surface area contributed by atoms with Crippen molar-refractivity contribution in [3.8, 4) is 0 Å². The van der Waals surface area contributed by atoms with Crippen molar-refractivity contribution in [2.75, 3.05) is 12.3 Å². The molecule has 3 aromatic heterocycles. The fourth-order valence-electron chi connectivity index (χ4n) is 4.84. The van der Waals surface area contributed by atoms with Crippen LogP contribution < -0.4 is 0 Å². The molecular weight excluding hydrogens is 402 g/mol. The molecular formula is C21H27N5OS2. The van der Waals surface area contributed by atoms with Crippen LogP contribution in [0.2, 0.25) is 0 Å². The quantitative estimate of drug-likeness (QED) is 0.575. The largest absolute Gasteiger partial charge is 0.339 e. The van der Waals surface area contributed by atoms with Crippen molar-refractivity contribution in [2.24, 2.45) is 0 Å². The molecule has 0 unspecified atom stereocenters. The van der Waals surface area contributed by atoms with Gasteiger partial charge in [-0.2, -0.15) is 0 Å². The second-order valence-corrected chi connectivity index (χ2v) is 10.2. The van der Waals surface area contributed by atoms with Gasteiger partial charge in [0.1, 0.15) is 10.7 Å². The minimum absolute atomic E-state index is 0.220. The fourth-order valence-corrected chi connectivity index (χ4v) is 7.00. The number of carbonyl (C=O) groups is 1. The molecule has 0 aromatic carbocycles.